The minimum Gasteiger partial charge on any atom is -0.276 e. The normalized spacial score (nSPS) is 14.0. The molecule has 1 aliphatic heterocycles. The largest absolute Gasteiger partial charge is 0.276 e. The van der Waals surface area contributed by atoms with Crippen LogP contribution in [0.1, 0.15) is 5.56 Å². The Morgan fingerprint density at radius 2 is 1.95 bits per heavy atom. The number of hydrogen-bond donors (Lipinski definition) is 0. The van der Waals surface area contributed by atoms with Crippen LogP contribution in [0.4, 0.5) is 11.4 Å². The first-order chi connectivity index (χ1) is 9.28. The zero-order valence-corrected chi connectivity index (χ0v) is 11.3. The second-order valence-electron chi connectivity index (χ2n) is 4.28. The molecule has 4 heteroatoms. The molecule has 0 atom stereocenters. The van der Waals surface area contributed by atoms with E-state index < -0.39 is 0 Å². The maximum atomic E-state index is 6.03. The van der Waals surface area contributed by atoms with Gasteiger partial charge in [0.2, 0.25) is 0 Å². The van der Waals surface area contributed by atoms with Crippen LogP contribution in [0.15, 0.2) is 53.5 Å². The van der Waals surface area contributed by atoms with E-state index in [0.717, 1.165) is 22.6 Å². The predicted molar refractivity (Wildman–Crippen MR) is 78.4 cm³/mol. The highest BCUT2D eigenvalue weighted by molar-refractivity contribution is 6.31. The Labute approximate surface area is 117 Å². The van der Waals surface area contributed by atoms with Gasteiger partial charge in [-0.05, 0) is 23.8 Å². The van der Waals surface area contributed by atoms with Crippen molar-refractivity contribution in [3.05, 3.63) is 59.1 Å². The lowest BCUT2D eigenvalue weighted by Crippen LogP contribution is -2.31. The fraction of sp³-hybridized carbons (Fsp3) is 0.133. The van der Waals surface area contributed by atoms with Crippen LogP contribution < -0.4 is 5.06 Å². The Bertz CT molecular complexity index is 625. The lowest BCUT2D eigenvalue weighted by Gasteiger charge is -2.28. The Balaban J connectivity index is 2.09. The number of hydrogen-bond acceptors (Lipinski definition) is 3. The third kappa shape index (κ3) is 2.35. The van der Waals surface area contributed by atoms with Gasteiger partial charge in [0.25, 0.3) is 0 Å². The summed E-state index contributed by atoms with van der Waals surface area (Å²) < 4.78 is 0. The van der Waals surface area contributed by atoms with Crippen LogP contribution in [0, 0.1) is 0 Å². The van der Waals surface area contributed by atoms with Gasteiger partial charge in [-0.3, -0.25) is 4.84 Å². The zero-order chi connectivity index (χ0) is 13.2. The molecule has 0 amide bonds. The second-order valence-corrected chi connectivity index (χ2v) is 4.71. The Morgan fingerprint density at radius 3 is 2.68 bits per heavy atom. The standard InChI is InChI=1S/C15H13ClN2O/c1-19-18-10-14(11-5-3-2-4-6-11)17-13-9-12(16)7-8-15(13)18/h2-9H,10H2,1H3. The van der Waals surface area contributed by atoms with Crippen molar-refractivity contribution in [3.8, 4) is 0 Å². The third-order valence-corrected chi connectivity index (χ3v) is 3.32. The molecule has 2 aromatic rings. The van der Waals surface area contributed by atoms with E-state index in [9.17, 15) is 0 Å². The first-order valence-corrected chi connectivity index (χ1v) is 6.40. The van der Waals surface area contributed by atoms with Crippen LogP contribution in [0.2, 0.25) is 5.02 Å². The molecule has 2 aromatic carbocycles. The van der Waals surface area contributed by atoms with Crippen LogP contribution in [0.5, 0.6) is 0 Å². The Hall–Kier alpha value is -1.84. The summed E-state index contributed by atoms with van der Waals surface area (Å²) in [5, 5.41) is 2.49. The highest BCUT2D eigenvalue weighted by atomic mass is 35.5. The molecular formula is C15H13ClN2O. The van der Waals surface area contributed by atoms with E-state index in [1.165, 1.54) is 0 Å². The first kappa shape index (κ1) is 12.2. The van der Waals surface area contributed by atoms with Crippen molar-refractivity contribution < 1.29 is 4.84 Å². The monoisotopic (exact) mass is 272 g/mol. The molecule has 96 valence electrons. The van der Waals surface area contributed by atoms with Crippen LogP contribution in [0.3, 0.4) is 0 Å². The summed E-state index contributed by atoms with van der Waals surface area (Å²) in [4.78, 5) is 10.1. The Morgan fingerprint density at radius 1 is 1.16 bits per heavy atom. The smallest absolute Gasteiger partial charge is 0.0906 e. The summed E-state index contributed by atoms with van der Waals surface area (Å²) in [5.41, 5.74) is 3.83. The van der Waals surface area contributed by atoms with Gasteiger partial charge in [-0.2, -0.15) is 0 Å². The quantitative estimate of drug-likeness (QED) is 0.830. The molecule has 0 aliphatic carbocycles. The lowest BCUT2D eigenvalue weighted by atomic mass is 10.1. The molecular weight excluding hydrogens is 260 g/mol. The number of halogens is 1. The Kier molecular flexibility index (Phi) is 3.23. The lowest BCUT2D eigenvalue weighted by molar-refractivity contribution is 0.177. The summed E-state index contributed by atoms with van der Waals surface area (Å²) in [6.07, 6.45) is 0. The fourth-order valence-corrected chi connectivity index (χ4v) is 2.31. The minimum atomic E-state index is 0.620. The highest BCUT2D eigenvalue weighted by Gasteiger charge is 2.20. The molecule has 0 aromatic heterocycles. The van der Waals surface area contributed by atoms with E-state index in [1.807, 2.05) is 53.6 Å². The summed E-state index contributed by atoms with van der Waals surface area (Å²) in [6.45, 7) is 0.620. The van der Waals surface area contributed by atoms with Gasteiger partial charge in [0.15, 0.2) is 0 Å². The first-order valence-electron chi connectivity index (χ1n) is 6.02. The van der Waals surface area contributed by atoms with Gasteiger partial charge in [0, 0.05) is 5.02 Å². The molecule has 3 rings (SSSR count). The highest BCUT2D eigenvalue weighted by Crippen LogP contribution is 2.35. The number of hydroxylamine groups is 1. The maximum absolute atomic E-state index is 6.03. The maximum Gasteiger partial charge on any atom is 0.0906 e. The van der Waals surface area contributed by atoms with Crippen molar-refractivity contribution in [2.45, 2.75) is 0 Å². The third-order valence-electron chi connectivity index (χ3n) is 3.08. The summed E-state index contributed by atoms with van der Waals surface area (Å²) in [5.74, 6) is 0. The zero-order valence-electron chi connectivity index (χ0n) is 10.5. The van der Waals surface area contributed by atoms with Crippen molar-refractivity contribution in [2.75, 3.05) is 18.7 Å². The van der Waals surface area contributed by atoms with Gasteiger partial charge in [0.1, 0.15) is 0 Å². The molecule has 1 heterocycles. The molecule has 0 N–H and O–H groups in total. The van der Waals surface area contributed by atoms with E-state index in [1.54, 1.807) is 7.11 Å². The average molecular weight is 273 g/mol. The van der Waals surface area contributed by atoms with Crippen molar-refractivity contribution in [3.63, 3.8) is 0 Å². The van der Waals surface area contributed by atoms with Gasteiger partial charge >= 0.3 is 0 Å². The SMILES string of the molecule is CON1CC(c2ccccc2)=Nc2cc(Cl)ccc21. The number of nitrogens with zero attached hydrogens (tertiary/aromatic N) is 2. The molecule has 3 nitrogen and oxygen atoms in total. The van der Waals surface area contributed by atoms with Crippen molar-refractivity contribution in [1.29, 1.82) is 0 Å². The number of anilines is 1. The van der Waals surface area contributed by atoms with E-state index in [0.29, 0.717) is 11.6 Å². The van der Waals surface area contributed by atoms with E-state index in [4.69, 9.17) is 16.4 Å². The van der Waals surface area contributed by atoms with E-state index >= 15 is 0 Å². The average Bonchev–Trinajstić information content (AvgIpc) is 2.46. The minimum absolute atomic E-state index is 0.620. The summed E-state index contributed by atoms with van der Waals surface area (Å²) >= 11 is 6.03. The van der Waals surface area contributed by atoms with Gasteiger partial charge in [-0.25, -0.2) is 10.1 Å². The molecule has 0 saturated heterocycles. The van der Waals surface area contributed by atoms with Crippen LogP contribution in [-0.4, -0.2) is 19.4 Å². The van der Waals surface area contributed by atoms with Crippen molar-refractivity contribution >= 4 is 28.7 Å². The number of aliphatic imine (C=N–C) groups is 1. The van der Waals surface area contributed by atoms with Gasteiger partial charge < -0.3 is 0 Å². The topological polar surface area (TPSA) is 24.8 Å². The van der Waals surface area contributed by atoms with Crippen LogP contribution in [0.25, 0.3) is 0 Å². The molecule has 0 spiro atoms. The van der Waals surface area contributed by atoms with Gasteiger partial charge in [-0.15, -0.1) is 0 Å². The molecule has 1 aliphatic rings. The van der Waals surface area contributed by atoms with Crippen LogP contribution in [-0.2, 0) is 4.84 Å². The van der Waals surface area contributed by atoms with E-state index in [-0.39, 0.29) is 0 Å². The van der Waals surface area contributed by atoms with Crippen LogP contribution >= 0.6 is 11.6 Å². The molecule has 0 fully saturated rings. The molecule has 0 saturated carbocycles. The van der Waals surface area contributed by atoms with Gasteiger partial charge in [0.05, 0.1) is 30.7 Å². The predicted octanol–water partition coefficient (Wildman–Crippen LogP) is 3.84. The molecule has 0 bridgehead atoms. The number of benzene rings is 2. The second kappa shape index (κ2) is 5.03. The van der Waals surface area contributed by atoms with E-state index in [2.05, 4.69) is 4.99 Å². The molecule has 0 unspecified atom stereocenters. The summed E-state index contributed by atoms with van der Waals surface area (Å²) in [6, 6.07) is 15.7. The summed E-state index contributed by atoms with van der Waals surface area (Å²) in [7, 11) is 1.66. The van der Waals surface area contributed by atoms with Gasteiger partial charge in [-0.1, -0.05) is 41.9 Å². The van der Waals surface area contributed by atoms with Crippen molar-refractivity contribution in [1.82, 2.24) is 0 Å². The number of fused-ring (bicyclic) bond motifs is 1. The molecule has 0 radical (unpaired) electrons. The number of rotatable bonds is 2. The van der Waals surface area contributed by atoms with Crippen molar-refractivity contribution in [2.24, 2.45) is 4.99 Å². The molecule has 19 heavy (non-hydrogen) atoms. The fourth-order valence-electron chi connectivity index (χ4n) is 2.15.